The van der Waals surface area contributed by atoms with Gasteiger partial charge in [0.1, 0.15) is 6.04 Å². The van der Waals surface area contributed by atoms with Gasteiger partial charge in [-0.3, -0.25) is 14.4 Å². The van der Waals surface area contributed by atoms with Crippen LogP contribution in [0.5, 0.6) is 0 Å². The summed E-state index contributed by atoms with van der Waals surface area (Å²) in [6.45, 7) is 5.50. The van der Waals surface area contributed by atoms with E-state index in [1.807, 2.05) is 18.7 Å². The van der Waals surface area contributed by atoms with Crippen molar-refractivity contribution < 1.29 is 14.4 Å². The maximum absolute atomic E-state index is 12.5. The predicted molar refractivity (Wildman–Crippen MR) is 106 cm³/mol. The first-order valence-corrected chi connectivity index (χ1v) is 9.86. The van der Waals surface area contributed by atoms with Crippen LogP contribution in [0.25, 0.3) is 0 Å². The molecular weight excluding hydrogens is 389 g/mol. The van der Waals surface area contributed by atoms with Gasteiger partial charge in [-0.1, -0.05) is 37.0 Å². The lowest BCUT2D eigenvalue weighted by atomic mass is 10.0. The van der Waals surface area contributed by atoms with Gasteiger partial charge in [-0.25, -0.2) is 0 Å². The van der Waals surface area contributed by atoms with Gasteiger partial charge >= 0.3 is 0 Å². The third kappa shape index (κ3) is 6.11. The second-order valence-corrected chi connectivity index (χ2v) is 7.79. The van der Waals surface area contributed by atoms with Crippen LogP contribution in [0.1, 0.15) is 43.5 Å². The molecule has 27 heavy (non-hydrogen) atoms. The van der Waals surface area contributed by atoms with Crippen molar-refractivity contribution in [1.29, 1.82) is 0 Å². The molecule has 1 aliphatic rings. The van der Waals surface area contributed by atoms with E-state index in [0.29, 0.717) is 5.02 Å². The fourth-order valence-corrected chi connectivity index (χ4v) is 3.45. The van der Waals surface area contributed by atoms with E-state index >= 15 is 0 Å². The van der Waals surface area contributed by atoms with Crippen molar-refractivity contribution in [3.63, 3.8) is 0 Å². The Hall–Kier alpha value is -1.79. The zero-order valence-electron chi connectivity index (χ0n) is 15.6. The minimum atomic E-state index is -0.730. The molecular formula is C19H25Cl2N3O3. The van der Waals surface area contributed by atoms with Gasteiger partial charge in [0.05, 0.1) is 10.6 Å². The molecule has 1 saturated heterocycles. The first-order valence-electron chi connectivity index (χ1n) is 9.11. The number of likely N-dealkylation sites (tertiary alicyclic amines) is 1. The Kier molecular flexibility index (Phi) is 7.92. The molecule has 148 valence electrons. The van der Waals surface area contributed by atoms with Gasteiger partial charge < -0.3 is 15.5 Å². The molecule has 1 aromatic rings. The fraction of sp³-hybridized carbons (Fsp3) is 0.526. The summed E-state index contributed by atoms with van der Waals surface area (Å²) in [4.78, 5) is 38.8. The number of halogens is 2. The number of amides is 3. The van der Waals surface area contributed by atoms with E-state index in [0.717, 1.165) is 25.9 Å². The number of rotatable bonds is 7. The third-order valence-corrected chi connectivity index (χ3v) is 5.06. The highest BCUT2D eigenvalue weighted by molar-refractivity contribution is 6.36. The van der Waals surface area contributed by atoms with E-state index in [-0.39, 0.29) is 41.3 Å². The van der Waals surface area contributed by atoms with Gasteiger partial charge in [0.25, 0.3) is 5.91 Å². The largest absolute Gasteiger partial charge is 0.354 e. The molecule has 0 saturated carbocycles. The highest BCUT2D eigenvalue weighted by atomic mass is 35.5. The van der Waals surface area contributed by atoms with Crippen LogP contribution in [0, 0.1) is 5.92 Å². The molecule has 1 fully saturated rings. The number of carbonyl (C=O) groups excluding carboxylic acids is 3. The maximum atomic E-state index is 12.5. The second kappa shape index (κ2) is 9.95. The molecule has 1 atom stereocenters. The van der Waals surface area contributed by atoms with E-state index in [4.69, 9.17) is 23.2 Å². The Morgan fingerprint density at radius 2 is 1.81 bits per heavy atom. The minimum absolute atomic E-state index is 0.0471. The fourth-order valence-electron chi connectivity index (χ4n) is 2.95. The van der Waals surface area contributed by atoms with Gasteiger partial charge in [-0.2, -0.15) is 0 Å². The van der Waals surface area contributed by atoms with E-state index in [1.165, 1.54) is 12.1 Å². The van der Waals surface area contributed by atoms with Crippen molar-refractivity contribution in [1.82, 2.24) is 15.5 Å². The predicted octanol–water partition coefficient (Wildman–Crippen LogP) is 2.88. The average molecular weight is 414 g/mol. The molecule has 1 aliphatic heterocycles. The first-order chi connectivity index (χ1) is 12.8. The number of carbonyl (C=O) groups is 3. The molecule has 0 aromatic heterocycles. The van der Waals surface area contributed by atoms with Crippen LogP contribution >= 0.6 is 23.2 Å². The molecule has 1 heterocycles. The molecule has 1 aromatic carbocycles. The van der Waals surface area contributed by atoms with Crippen LogP contribution in [-0.4, -0.2) is 48.3 Å². The van der Waals surface area contributed by atoms with Gasteiger partial charge in [0.2, 0.25) is 11.8 Å². The molecule has 3 amide bonds. The molecule has 0 bridgehead atoms. The van der Waals surface area contributed by atoms with Gasteiger partial charge in [-0.05, 0) is 37.0 Å². The quantitative estimate of drug-likeness (QED) is 0.720. The lowest BCUT2D eigenvalue weighted by Crippen LogP contribution is -2.50. The number of hydrogen-bond acceptors (Lipinski definition) is 3. The summed E-state index contributed by atoms with van der Waals surface area (Å²) in [5, 5.41) is 6.11. The van der Waals surface area contributed by atoms with E-state index in [9.17, 15) is 14.4 Å². The van der Waals surface area contributed by atoms with E-state index in [2.05, 4.69) is 10.6 Å². The first kappa shape index (κ1) is 21.5. The van der Waals surface area contributed by atoms with E-state index < -0.39 is 11.9 Å². The molecule has 2 N–H and O–H groups in total. The Morgan fingerprint density at radius 3 is 2.41 bits per heavy atom. The zero-order chi connectivity index (χ0) is 20.0. The van der Waals surface area contributed by atoms with Crippen LogP contribution in [0.4, 0.5) is 0 Å². The Morgan fingerprint density at radius 1 is 1.15 bits per heavy atom. The molecule has 0 spiro atoms. The second-order valence-electron chi connectivity index (χ2n) is 6.95. The summed E-state index contributed by atoms with van der Waals surface area (Å²) in [6, 6.07) is 3.83. The zero-order valence-corrected chi connectivity index (χ0v) is 17.1. The lowest BCUT2D eigenvalue weighted by molar-refractivity contribution is -0.130. The third-order valence-electron chi connectivity index (χ3n) is 4.51. The summed E-state index contributed by atoms with van der Waals surface area (Å²) in [6.07, 6.45) is 2.33. The molecule has 8 heteroatoms. The van der Waals surface area contributed by atoms with E-state index in [1.54, 1.807) is 6.07 Å². The highest BCUT2D eigenvalue weighted by Gasteiger charge is 2.26. The van der Waals surface area contributed by atoms with Crippen LogP contribution < -0.4 is 10.6 Å². The summed E-state index contributed by atoms with van der Waals surface area (Å²) < 4.78 is 0. The summed E-state index contributed by atoms with van der Waals surface area (Å²) in [5.41, 5.74) is 0.253. The van der Waals surface area contributed by atoms with Crippen molar-refractivity contribution in [2.24, 2.45) is 5.92 Å². The van der Waals surface area contributed by atoms with Gasteiger partial charge in [0, 0.05) is 31.1 Å². The molecule has 6 nitrogen and oxygen atoms in total. The molecule has 0 radical (unpaired) electrons. The van der Waals surface area contributed by atoms with Gasteiger partial charge in [-0.15, -0.1) is 0 Å². The summed E-state index contributed by atoms with van der Waals surface area (Å²) >= 11 is 11.9. The minimum Gasteiger partial charge on any atom is -0.354 e. The van der Waals surface area contributed by atoms with Crippen LogP contribution in [0.15, 0.2) is 18.2 Å². The molecule has 0 aliphatic carbocycles. The summed E-state index contributed by atoms with van der Waals surface area (Å²) in [5.74, 6) is -0.850. The van der Waals surface area contributed by atoms with Gasteiger partial charge in [0.15, 0.2) is 0 Å². The Labute approximate surface area is 169 Å². The van der Waals surface area contributed by atoms with Crippen molar-refractivity contribution in [2.75, 3.05) is 19.6 Å². The number of nitrogens with zero attached hydrogens (tertiary/aromatic N) is 1. The van der Waals surface area contributed by atoms with Crippen molar-refractivity contribution in [2.45, 2.75) is 39.2 Å². The van der Waals surface area contributed by atoms with Crippen LogP contribution in [-0.2, 0) is 9.59 Å². The van der Waals surface area contributed by atoms with Crippen LogP contribution in [0.3, 0.4) is 0 Å². The van der Waals surface area contributed by atoms with Crippen molar-refractivity contribution in [3.8, 4) is 0 Å². The standard InChI is InChI=1S/C19H25Cl2N3O3/c1-12(2)17(23-18(26)14-6-5-13(20)11-15(14)21)19(27)22-8-7-16(25)24-9-3-4-10-24/h5-6,11-12,17H,3-4,7-10H2,1-2H3,(H,22,27)(H,23,26). The Balaban J connectivity index is 1.90. The smallest absolute Gasteiger partial charge is 0.253 e. The molecule has 1 unspecified atom stereocenters. The lowest BCUT2D eigenvalue weighted by Gasteiger charge is -2.22. The highest BCUT2D eigenvalue weighted by Crippen LogP contribution is 2.21. The topological polar surface area (TPSA) is 78.5 Å². The number of hydrogen-bond donors (Lipinski definition) is 2. The summed E-state index contributed by atoms with van der Waals surface area (Å²) in [7, 11) is 0. The maximum Gasteiger partial charge on any atom is 0.253 e. The Bertz CT molecular complexity index is 703. The molecule has 2 rings (SSSR count). The average Bonchev–Trinajstić information content (AvgIpc) is 3.13. The van der Waals surface area contributed by atoms with Crippen LogP contribution in [0.2, 0.25) is 10.0 Å². The normalized spacial score (nSPS) is 14.9. The van der Waals surface area contributed by atoms with Crippen molar-refractivity contribution >= 4 is 40.9 Å². The monoisotopic (exact) mass is 413 g/mol. The SMILES string of the molecule is CC(C)C(NC(=O)c1ccc(Cl)cc1Cl)C(=O)NCCC(=O)N1CCCC1. The van der Waals surface area contributed by atoms with Crippen molar-refractivity contribution in [3.05, 3.63) is 33.8 Å². The number of nitrogens with one attached hydrogen (secondary N) is 2. The number of benzene rings is 1.